The van der Waals surface area contributed by atoms with E-state index in [-0.39, 0.29) is 30.3 Å². The molecule has 1 aliphatic carbocycles. The van der Waals surface area contributed by atoms with E-state index in [9.17, 15) is 9.59 Å². The fraction of sp³-hybridized carbons (Fsp3) is 0.500. The number of anilines is 1. The minimum Gasteiger partial charge on any atom is -0.465 e. The molecule has 0 radical (unpaired) electrons. The van der Waals surface area contributed by atoms with Gasteiger partial charge in [0.2, 0.25) is 5.91 Å². The molecular formula is C16H23ClN2O3. The van der Waals surface area contributed by atoms with Crippen LogP contribution in [0.5, 0.6) is 0 Å². The Kier molecular flexibility index (Phi) is 6.84. The first-order valence-corrected chi connectivity index (χ1v) is 7.26. The monoisotopic (exact) mass is 326 g/mol. The van der Waals surface area contributed by atoms with Gasteiger partial charge in [-0.25, -0.2) is 4.79 Å². The summed E-state index contributed by atoms with van der Waals surface area (Å²) in [5.74, 6) is -0.314. The molecule has 5 nitrogen and oxygen atoms in total. The van der Waals surface area contributed by atoms with Crippen LogP contribution in [0, 0.1) is 12.8 Å². The average Bonchev–Trinajstić information content (AvgIpc) is 2.83. The van der Waals surface area contributed by atoms with Crippen LogP contribution in [0.15, 0.2) is 18.2 Å². The number of benzene rings is 1. The molecule has 1 aliphatic rings. The molecule has 0 heterocycles. The number of ether oxygens (including phenoxy) is 1. The fourth-order valence-corrected chi connectivity index (χ4v) is 2.90. The summed E-state index contributed by atoms with van der Waals surface area (Å²) in [6, 6.07) is 5.44. The predicted octanol–water partition coefficient (Wildman–Crippen LogP) is 2.66. The maximum atomic E-state index is 12.2. The van der Waals surface area contributed by atoms with Crippen molar-refractivity contribution in [3.63, 3.8) is 0 Å². The van der Waals surface area contributed by atoms with Crippen LogP contribution in [0.3, 0.4) is 0 Å². The van der Waals surface area contributed by atoms with Gasteiger partial charge >= 0.3 is 5.97 Å². The zero-order chi connectivity index (χ0) is 15.4. The molecular weight excluding hydrogens is 304 g/mol. The van der Waals surface area contributed by atoms with E-state index >= 15 is 0 Å². The molecule has 0 spiro atoms. The van der Waals surface area contributed by atoms with E-state index in [4.69, 9.17) is 10.5 Å². The summed E-state index contributed by atoms with van der Waals surface area (Å²) < 4.78 is 4.78. The van der Waals surface area contributed by atoms with E-state index < -0.39 is 5.97 Å². The number of carbonyl (C=O) groups is 2. The highest BCUT2D eigenvalue weighted by molar-refractivity contribution is 6.02. The number of amides is 1. The van der Waals surface area contributed by atoms with E-state index in [1.807, 2.05) is 13.0 Å². The number of rotatable bonds is 4. The van der Waals surface area contributed by atoms with E-state index in [1.54, 1.807) is 12.1 Å². The third-order valence-corrected chi connectivity index (χ3v) is 4.10. The fourth-order valence-electron chi connectivity index (χ4n) is 2.90. The molecule has 1 saturated carbocycles. The van der Waals surface area contributed by atoms with Gasteiger partial charge in [0.05, 0.1) is 18.4 Å². The Bertz CT molecular complexity index is 548. The number of nitrogens with one attached hydrogen (secondary N) is 1. The second-order valence-corrected chi connectivity index (χ2v) is 5.60. The van der Waals surface area contributed by atoms with Gasteiger partial charge in [0.15, 0.2) is 0 Å². The Morgan fingerprint density at radius 2 is 2.09 bits per heavy atom. The maximum absolute atomic E-state index is 12.2. The minimum atomic E-state index is -0.444. The molecule has 6 heteroatoms. The molecule has 1 amide bonds. The van der Waals surface area contributed by atoms with E-state index in [0.29, 0.717) is 17.7 Å². The van der Waals surface area contributed by atoms with E-state index in [1.165, 1.54) is 7.11 Å². The highest BCUT2D eigenvalue weighted by atomic mass is 35.5. The Balaban J connectivity index is 0.00000242. The Morgan fingerprint density at radius 1 is 1.36 bits per heavy atom. The van der Waals surface area contributed by atoms with Crippen LogP contribution in [-0.2, 0) is 9.53 Å². The smallest absolute Gasteiger partial charge is 0.340 e. The number of aryl methyl sites for hydroxylation is 1. The summed E-state index contributed by atoms with van der Waals surface area (Å²) in [7, 11) is 1.33. The van der Waals surface area contributed by atoms with Crippen LogP contribution in [0.1, 0.15) is 41.6 Å². The SMILES string of the molecule is COC(=O)c1c(C)cccc1NC(=O)C[C@@H]1CCC[C@H]1N.Cl. The number of carbonyl (C=O) groups excluding carboxylic acids is 2. The van der Waals surface area contributed by atoms with Crippen molar-refractivity contribution in [1.29, 1.82) is 0 Å². The van der Waals surface area contributed by atoms with Gasteiger partial charge in [-0.2, -0.15) is 0 Å². The summed E-state index contributed by atoms with van der Waals surface area (Å²) in [6.45, 7) is 1.81. The summed E-state index contributed by atoms with van der Waals surface area (Å²) in [5.41, 5.74) is 7.67. The number of hydrogen-bond acceptors (Lipinski definition) is 4. The van der Waals surface area contributed by atoms with Crippen molar-refractivity contribution in [2.45, 2.75) is 38.6 Å². The number of esters is 1. The zero-order valence-electron chi connectivity index (χ0n) is 12.9. The van der Waals surface area contributed by atoms with Crippen molar-refractivity contribution >= 4 is 30.0 Å². The summed E-state index contributed by atoms with van der Waals surface area (Å²) in [6.07, 6.45) is 3.45. The van der Waals surface area contributed by atoms with Gasteiger partial charge in [-0.15, -0.1) is 12.4 Å². The number of hydrogen-bond donors (Lipinski definition) is 2. The Morgan fingerprint density at radius 3 is 2.68 bits per heavy atom. The van der Waals surface area contributed by atoms with Crippen molar-refractivity contribution in [3.8, 4) is 0 Å². The molecule has 0 bridgehead atoms. The van der Waals surface area contributed by atoms with Crippen LogP contribution in [0.25, 0.3) is 0 Å². The van der Waals surface area contributed by atoms with Crippen molar-refractivity contribution in [2.24, 2.45) is 11.7 Å². The largest absolute Gasteiger partial charge is 0.465 e. The van der Waals surface area contributed by atoms with Crippen molar-refractivity contribution in [1.82, 2.24) is 0 Å². The molecule has 2 atom stereocenters. The summed E-state index contributed by atoms with van der Waals surface area (Å²) in [4.78, 5) is 24.0. The third kappa shape index (κ3) is 4.21. The lowest BCUT2D eigenvalue weighted by molar-refractivity contribution is -0.117. The standard InChI is InChI=1S/C16H22N2O3.ClH/c1-10-5-3-8-13(15(10)16(20)21-2)18-14(19)9-11-6-4-7-12(11)17;/h3,5,8,11-12H,4,6-7,9,17H2,1-2H3,(H,18,19);1H/t11-,12+;/m0./s1. The van der Waals surface area contributed by atoms with Crippen molar-refractivity contribution in [3.05, 3.63) is 29.3 Å². The first-order valence-electron chi connectivity index (χ1n) is 7.26. The topological polar surface area (TPSA) is 81.4 Å². The molecule has 122 valence electrons. The third-order valence-electron chi connectivity index (χ3n) is 4.10. The van der Waals surface area contributed by atoms with Crippen molar-refractivity contribution in [2.75, 3.05) is 12.4 Å². The quantitative estimate of drug-likeness (QED) is 0.833. The first kappa shape index (κ1) is 18.5. The Labute approximate surface area is 137 Å². The van der Waals surface area contributed by atoms with Gasteiger partial charge in [-0.3, -0.25) is 4.79 Å². The minimum absolute atomic E-state index is 0. The lowest BCUT2D eigenvalue weighted by Crippen LogP contribution is -2.28. The first-order chi connectivity index (χ1) is 10.0. The maximum Gasteiger partial charge on any atom is 0.340 e. The number of nitrogens with two attached hydrogens (primary N) is 1. The average molecular weight is 327 g/mol. The molecule has 1 fully saturated rings. The van der Waals surface area contributed by atoms with Crippen LogP contribution in [0.2, 0.25) is 0 Å². The lowest BCUT2D eigenvalue weighted by atomic mass is 9.99. The molecule has 1 aromatic carbocycles. The molecule has 1 aromatic rings. The van der Waals surface area contributed by atoms with Gasteiger partial charge < -0.3 is 15.8 Å². The molecule has 0 unspecified atom stereocenters. The predicted molar refractivity (Wildman–Crippen MR) is 88.3 cm³/mol. The molecule has 0 aliphatic heterocycles. The Hall–Kier alpha value is -1.59. The van der Waals surface area contributed by atoms with Crippen LogP contribution in [0.4, 0.5) is 5.69 Å². The molecule has 22 heavy (non-hydrogen) atoms. The van der Waals surface area contributed by atoms with Crippen LogP contribution in [-0.4, -0.2) is 25.0 Å². The van der Waals surface area contributed by atoms with Crippen LogP contribution >= 0.6 is 12.4 Å². The number of methoxy groups -OCH3 is 1. The van der Waals surface area contributed by atoms with Gasteiger partial charge in [0.25, 0.3) is 0 Å². The summed E-state index contributed by atoms with van der Waals surface area (Å²) >= 11 is 0. The number of halogens is 1. The van der Waals surface area contributed by atoms with Crippen molar-refractivity contribution < 1.29 is 14.3 Å². The normalized spacial score (nSPS) is 20.1. The van der Waals surface area contributed by atoms with Gasteiger partial charge in [0, 0.05) is 12.5 Å². The highest BCUT2D eigenvalue weighted by Gasteiger charge is 2.26. The molecule has 2 rings (SSSR count). The highest BCUT2D eigenvalue weighted by Crippen LogP contribution is 2.28. The second-order valence-electron chi connectivity index (χ2n) is 5.60. The molecule has 0 aromatic heterocycles. The van der Waals surface area contributed by atoms with E-state index in [2.05, 4.69) is 5.32 Å². The zero-order valence-corrected chi connectivity index (χ0v) is 13.7. The summed E-state index contributed by atoms with van der Waals surface area (Å²) in [5, 5.41) is 2.82. The van der Waals surface area contributed by atoms with E-state index in [0.717, 1.165) is 24.8 Å². The van der Waals surface area contributed by atoms with Gasteiger partial charge in [0.1, 0.15) is 0 Å². The van der Waals surface area contributed by atoms with Gasteiger partial charge in [-0.05, 0) is 37.3 Å². The van der Waals surface area contributed by atoms with Gasteiger partial charge in [-0.1, -0.05) is 18.6 Å². The van der Waals surface area contributed by atoms with Crippen LogP contribution < -0.4 is 11.1 Å². The second kappa shape index (κ2) is 8.15. The molecule has 0 saturated heterocycles. The lowest BCUT2D eigenvalue weighted by Gasteiger charge is -2.16. The molecule has 3 N–H and O–H groups in total.